The summed E-state index contributed by atoms with van der Waals surface area (Å²) in [4.78, 5) is -0.147. The lowest BCUT2D eigenvalue weighted by Gasteiger charge is -2.40. The minimum Gasteiger partial charge on any atom is -0.494 e. The summed E-state index contributed by atoms with van der Waals surface area (Å²) in [5, 5.41) is 0.263. The first kappa shape index (κ1) is 25.9. The van der Waals surface area contributed by atoms with Gasteiger partial charge in [0.1, 0.15) is 17.7 Å². The lowest BCUT2D eigenvalue weighted by Crippen LogP contribution is -2.53. The van der Waals surface area contributed by atoms with Crippen molar-refractivity contribution >= 4 is 39.0 Å². The molecular weight excluding hydrogens is 510 g/mol. The fraction of sp³-hybridized carbons (Fsp3) is 0.231. The first-order valence-corrected chi connectivity index (χ1v) is 12.9. The highest BCUT2D eigenvalue weighted by Crippen LogP contribution is 2.41. The number of nitrogens with two attached hydrogens (primary N) is 1. The van der Waals surface area contributed by atoms with E-state index in [9.17, 15) is 17.2 Å². The van der Waals surface area contributed by atoms with Gasteiger partial charge < -0.3 is 15.2 Å². The monoisotopic (exact) mass is 534 g/mol. The molecule has 0 amide bonds. The number of hydrogen-bond acceptors (Lipinski definition) is 5. The number of rotatable bonds is 6. The zero-order chi connectivity index (χ0) is 26.2. The number of benzene rings is 3. The Morgan fingerprint density at radius 1 is 1.17 bits per heavy atom. The van der Waals surface area contributed by atoms with Gasteiger partial charge in [-0.05, 0) is 61.4 Å². The minimum absolute atomic E-state index is 0.0753. The smallest absolute Gasteiger partial charge is 0.264 e. The van der Waals surface area contributed by atoms with E-state index in [2.05, 4.69) is 0 Å². The molecule has 0 unspecified atom stereocenters. The number of fused-ring (bicyclic) bond motifs is 1. The Balaban J connectivity index is 1.85. The Morgan fingerprint density at radius 2 is 1.92 bits per heavy atom. The molecule has 0 aliphatic carbocycles. The number of anilines is 1. The molecule has 4 rings (SSSR count). The number of allylic oxidation sites excluding steroid dienone is 1. The van der Waals surface area contributed by atoms with Gasteiger partial charge in [-0.3, -0.25) is 4.31 Å². The predicted molar refractivity (Wildman–Crippen MR) is 137 cm³/mol. The zero-order valence-electron chi connectivity index (χ0n) is 19.8. The largest absolute Gasteiger partial charge is 0.494 e. The molecule has 3 aromatic rings. The summed E-state index contributed by atoms with van der Waals surface area (Å²) in [7, 11) is -2.92. The Hall–Kier alpha value is -3.14. The van der Waals surface area contributed by atoms with Gasteiger partial charge in [0, 0.05) is 18.2 Å². The number of methoxy groups -OCH3 is 1. The fourth-order valence-electron chi connectivity index (χ4n) is 4.23. The molecule has 1 aliphatic rings. The van der Waals surface area contributed by atoms with Crippen LogP contribution in [-0.4, -0.2) is 34.2 Å². The summed E-state index contributed by atoms with van der Waals surface area (Å²) < 4.78 is 68.2. The van der Waals surface area contributed by atoms with Crippen molar-refractivity contribution in [3.63, 3.8) is 0 Å². The normalized spacial score (nSPS) is 18.0. The van der Waals surface area contributed by atoms with E-state index in [1.54, 1.807) is 44.2 Å². The molecule has 0 fully saturated rings. The number of ether oxygens (including phenoxy) is 2. The van der Waals surface area contributed by atoms with Crippen molar-refractivity contribution in [2.45, 2.75) is 30.9 Å². The van der Waals surface area contributed by atoms with Crippen molar-refractivity contribution in [1.82, 2.24) is 0 Å². The molecule has 6 nitrogen and oxygen atoms in total. The molecule has 2 N–H and O–H groups in total. The third-order valence-corrected chi connectivity index (χ3v) is 8.27. The molecule has 2 atom stereocenters. The van der Waals surface area contributed by atoms with E-state index in [0.717, 1.165) is 12.1 Å². The van der Waals surface area contributed by atoms with Gasteiger partial charge in [-0.1, -0.05) is 29.8 Å². The van der Waals surface area contributed by atoms with E-state index in [1.807, 2.05) is 0 Å². The third kappa shape index (κ3) is 4.66. The summed E-state index contributed by atoms with van der Waals surface area (Å²) >= 11 is 6.21. The summed E-state index contributed by atoms with van der Waals surface area (Å²) in [6.07, 6.45) is 1.09. The molecule has 0 radical (unpaired) electrons. The maximum Gasteiger partial charge on any atom is 0.264 e. The second-order valence-corrected chi connectivity index (χ2v) is 10.6. The van der Waals surface area contributed by atoms with Gasteiger partial charge in [-0.25, -0.2) is 17.2 Å². The summed E-state index contributed by atoms with van der Waals surface area (Å²) in [6, 6.07) is 12.1. The maximum absolute atomic E-state index is 14.4. The van der Waals surface area contributed by atoms with Crippen LogP contribution in [0.15, 0.2) is 59.5 Å². The molecule has 3 aromatic carbocycles. The quantitative estimate of drug-likeness (QED) is 0.423. The standard InChI is InChI=1S/C26H25ClF2N2O4S/c1-15(26-19(27)5-4-6-21(26)29)11-17-7-10-23-22(12-17)31(16(2)25(14-30)35-23)36(32,33)18-8-9-20(28)24(13-18)34-3/h4-13,16,25H,14,30H2,1-3H3/t16-,25+/m1/s1. The molecule has 10 heteroatoms. The van der Waals surface area contributed by atoms with E-state index in [0.29, 0.717) is 16.9 Å². The van der Waals surface area contributed by atoms with Gasteiger partial charge in [0.2, 0.25) is 0 Å². The molecule has 1 heterocycles. The van der Waals surface area contributed by atoms with Crippen LogP contribution in [0.2, 0.25) is 5.02 Å². The fourth-order valence-corrected chi connectivity index (χ4v) is 6.24. The maximum atomic E-state index is 14.4. The lowest BCUT2D eigenvalue weighted by atomic mass is 10.0. The number of nitrogens with zero attached hydrogens (tertiary/aromatic N) is 1. The van der Waals surface area contributed by atoms with Crippen LogP contribution in [0.4, 0.5) is 14.5 Å². The first-order valence-electron chi connectivity index (χ1n) is 11.1. The molecule has 36 heavy (non-hydrogen) atoms. The molecule has 0 saturated heterocycles. The second kappa shape index (κ2) is 10.1. The van der Waals surface area contributed by atoms with Crippen molar-refractivity contribution in [3.8, 4) is 11.5 Å². The van der Waals surface area contributed by atoms with Gasteiger partial charge in [0.15, 0.2) is 11.6 Å². The highest BCUT2D eigenvalue weighted by Gasteiger charge is 2.40. The number of halogens is 3. The zero-order valence-corrected chi connectivity index (χ0v) is 21.4. The van der Waals surface area contributed by atoms with Crippen molar-refractivity contribution in [2.75, 3.05) is 18.0 Å². The van der Waals surface area contributed by atoms with E-state index in [-0.39, 0.29) is 33.5 Å². The summed E-state index contributed by atoms with van der Waals surface area (Å²) in [6.45, 7) is 3.48. The topological polar surface area (TPSA) is 81.9 Å². The van der Waals surface area contributed by atoms with Crippen LogP contribution in [0.3, 0.4) is 0 Å². The van der Waals surface area contributed by atoms with Gasteiger partial charge in [-0.15, -0.1) is 0 Å². The highest BCUT2D eigenvalue weighted by atomic mass is 35.5. The number of sulfonamides is 1. The third-order valence-electron chi connectivity index (χ3n) is 6.06. The van der Waals surface area contributed by atoms with Gasteiger partial charge in [0.05, 0.1) is 28.8 Å². The van der Waals surface area contributed by atoms with Gasteiger partial charge in [-0.2, -0.15) is 0 Å². The van der Waals surface area contributed by atoms with Crippen molar-refractivity contribution in [3.05, 3.63) is 82.4 Å². The Kier molecular flexibility index (Phi) is 7.26. The molecular formula is C26H25ClF2N2O4S. The van der Waals surface area contributed by atoms with Crippen LogP contribution in [0.1, 0.15) is 25.0 Å². The molecule has 0 bridgehead atoms. The minimum atomic E-state index is -4.18. The second-order valence-electron chi connectivity index (χ2n) is 8.38. The van der Waals surface area contributed by atoms with Crippen LogP contribution < -0.4 is 19.5 Å². The van der Waals surface area contributed by atoms with Crippen LogP contribution in [0.25, 0.3) is 11.6 Å². The Bertz CT molecular complexity index is 1430. The van der Waals surface area contributed by atoms with Crippen LogP contribution in [0, 0.1) is 11.6 Å². The molecule has 1 aliphatic heterocycles. The SMILES string of the molecule is COc1cc(S(=O)(=O)N2c3cc(C=C(C)c4c(F)cccc4Cl)ccc3O[C@@H](CN)[C@H]2C)ccc1F. The van der Waals surface area contributed by atoms with Crippen LogP contribution in [-0.2, 0) is 10.0 Å². The average Bonchev–Trinajstić information content (AvgIpc) is 2.83. The van der Waals surface area contributed by atoms with Gasteiger partial charge >= 0.3 is 0 Å². The lowest BCUT2D eigenvalue weighted by molar-refractivity contribution is 0.174. The predicted octanol–water partition coefficient (Wildman–Crippen LogP) is 5.49. The molecule has 0 aromatic heterocycles. The highest BCUT2D eigenvalue weighted by molar-refractivity contribution is 7.92. The van der Waals surface area contributed by atoms with E-state index in [4.69, 9.17) is 26.8 Å². The average molecular weight is 535 g/mol. The molecule has 0 spiro atoms. The number of hydrogen-bond donors (Lipinski definition) is 1. The van der Waals surface area contributed by atoms with E-state index in [1.165, 1.54) is 29.6 Å². The van der Waals surface area contributed by atoms with Crippen molar-refractivity contribution < 1.29 is 26.7 Å². The first-order chi connectivity index (χ1) is 17.1. The van der Waals surface area contributed by atoms with E-state index >= 15 is 0 Å². The van der Waals surface area contributed by atoms with Gasteiger partial charge in [0.25, 0.3) is 10.0 Å². The van der Waals surface area contributed by atoms with E-state index < -0.39 is 33.8 Å². The summed E-state index contributed by atoms with van der Waals surface area (Å²) in [5.41, 5.74) is 7.56. The Morgan fingerprint density at radius 3 is 2.58 bits per heavy atom. The van der Waals surface area contributed by atoms with Crippen molar-refractivity contribution in [2.24, 2.45) is 5.73 Å². The van der Waals surface area contributed by atoms with Crippen molar-refractivity contribution in [1.29, 1.82) is 0 Å². The Labute approximate surface area is 213 Å². The molecule has 0 saturated carbocycles. The van der Waals surface area contributed by atoms with Crippen LogP contribution in [0.5, 0.6) is 11.5 Å². The molecule has 190 valence electrons. The summed E-state index contributed by atoms with van der Waals surface area (Å²) in [5.74, 6) is -1.02. The van der Waals surface area contributed by atoms with Crippen LogP contribution >= 0.6 is 11.6 Å².